The second-order valence-corrected chi connectivity index (χ2v) is 6.87. The number of primary amides is 1. The number of nitrogens with two attached hydrogens (primary N) is 1. The molecule has 0 spiro atoms. The molecule has 4 unspecified atom stereocenters. The van der Waals surface area contributed by atoms with Crippen molar-refractivity contribution in [1.82, 2.24) is 4.90 Å². The van der Waals surface area contributed by atoms with Gasteiger partial charge in [0.15, 0.2) is 0 Å². The minimum absolute atomic E-state index is 0.0666. The van der Waals surface area contributed by atoms with Crippen LogP contribution in [0.25, 0.3) is 0 Å². The number of unbranched alkanes of at least 4 members (excludes halogenated alkanes) is 2. The van der Waals surface area contributed by atoms with Crippen LogP contribution in [0, 0.1) is 11.8 Å². The maximum atomic E-state index is 11.8. The van der Waals surface area contributed by atoms with E-state index in [4.69, 9.17) is 5.73 Å². The van der Waals surface area contributed by atoms with Gasteiger partial charge in [0, 0.05) is 19.4 Å². The fourth-order valence-corrected chi connectivity index (χ4v) is 3.13. The van der Waals surface area contributed by atoms with Crippen molar-refractivity contribution in [3.05, 3.63) is 12.2 Å². The second-order valence-electron chi connectivity index (χ2n) is 6.87. The molecule has 2 fully saturated rings. The molecule has 1 heterocycles. The molecular weight excluding hydrogens is 336 g/mol. The van der Waals surface area contributed by atoms with Crippen molar-refractivity contribution in [3.63, 3.8) is 0 Å². The Morgan fingerprint density at radius 2 is 1.96 bits per heavy atom. The number of esters is 1. The third kappa shape index (κ3) is 6.78. The van der Waals surface area contributed by atoms with Gasteiger partial charge in [0.05, 0.1) is 19.1 Å². The number of aliphatic hydroxyl groups excluding tert-OH is 1. The number of ether oxygens (including phenoxy) is 1. The molecule has 0 aromatic heterocycles. The Kier molecular flexibility index (Phi) is 9.34. The molecule has 7 nitrogen and oxygen atoms in total. The van der Waals surface area contributed by atoms with Crippen LogP contribution in [0.3, 0.4) is 0 Å². The number of likely N-dealkylation sites (tertiary alicyclic amines) is 1. The smallest absolute Gasteiger partial charge is 0.309 e. The summed E-state index contributed by atoms with van der Waals surface area (Å²) in [7, 11) is 1.44. The Labute approximate surface area is 155 Å². The van der Waals surface area contributed by atoms with E-state index in [2.05, 4.69) is 17.7 Å². The lowest BCUT2D eigenvalue weighted by molar-refractivity contribution is -0.142. The maximum absolute atomic E-state index is 11.8. The topological polar surface area (TPSA) is 110 Å². The third-order valence-electron chi connectivity index (χ3n) is 4.71. The van der Waals surface area contributed by atoms with E-state index in [1.54, 1.807) is 0 Å². The molecule has 2 aliphatic rings. The largest absolute Gasteiger partial charge is 0.469 e. The number of hydrogen-bond donors (Lipinski definition) is 2. The van der Waals surface area contributed by atoms with Gasteiger partial charge in [-0.05, 0) is 25.7 Å². The summed E-state index contributed by atoms with van der Waals surface area (Å²) in [5.74, 6) is -0.0593. The summed E-state index contributed by atoms with van der Waals surface area (Å²) in [6, 6.07) is -0.621. The van der Waals surface area contributed by atoms with Crippen molar-refractivity contribution in [2.75, 3.05) is 13.7 Å². The number of aliphatic hydroxyl groups is 1. The molecule has 7 heteroatoms. The van der Waals surface area contributed by atoms with Crippen LogP contribution < -0.4 is 5.73 Å². The highest BCUT2D eigenvalue weighted by Gasteiger charge is 2.41. The fraction of sp³-hybridized carbons (Fsp3) is 0.737. The zero-order valence-corrected chi connectivity index (χ0v) is 16.0. The quantitative estimate of drug-likeness (QED) is 0.401. The molecule has 0 aromatic carbocycles. The molecule has 26 heavy (non-hydrogen) atoms. The molecule has 3 N–H and O–H groups in total. The number of nitrogens with zero attached hydrogens (tertiary/aromatic N) is 1. The van der Waals surface area contributed by atoms with Crippen molar-refractivity contribution < 1.29 is 24.2 Å². The zero-order valence-electron chi connectivity index (χ0n) is 16.0. The Bertz CT molecular complexity index is 520. The van der Waals surface area contributed by atoms with E-state index in [1.165, 1.54) is 12.0 Å². The lowest BCUT2D eigenvalue weighted by Crippen LogP contribution is -2.43. The number of amides is 2. The number of allylic oxidation sites excluding steroid dienone is 2. The van der Waals surface area contributed by atoms with Gasteiger partial charge in [-0.3, -0.25) is 14.4 Å². The van der Waals surface area contributed by atoms with E-state index in [1.807, 2.05) is 13.0 Å². The molecule has 1 saturated carbocycles. The van der Waals surface area contributed by atoms with E-state index in [-0.39, 0.29) is 30.8 Å². The normalized spacial score (nSPS) is 27.0. The van der Waals surface area contributed by atoms with Crippen LogP contribution in [-0.2, 0) is 19.1 Å². The molecule has 4 atom stereocenters. The van der Waals surface area contributed by atoms with Gasteiger partial charge in [0.2, 0.25) is 11.8 Å². The first-order valence-electron chi connectivity index (χ1n) is 9.33. The van der Waals surface area contributed by atoms with Gasteiger partial charge < -0.3 is 20.5 Å². The number of β-amino-alcohol motifs (C(OH)–C–C–N with tert-alkyl or cyclic N) is 1. The van der Waals surface area contributed by atoms with Gasteiger partial charge >= 0.3 is 5.97 Å². The molecule has 148 valence electrons. The van der Waals surface area contributed by atoms with Crippen LogP contribution >= 0.6 is 0 Å². The summed E-state index contributed by atoms with van der Waals surface area (Å²) < 4.78 is 4.58. The van der Waals surface area contributed by atoms with Gasteiger partial charge in [-0.2, -0.15) is 0 Å². The lowest BCUT2D eigenvalue weighted by Gasteiger charge is -2.21. The molecule has 0 bridgehead atoms. The van der Waals surface area contributed by atoms with Crippen molar-refractivity contribution in [1.29, 1.82) is 0 Å². The molecule has 1 aliphatic heterocycles. The Hall–Kier alpha value is -1.89. The summed E-state index contributed by atoms with van der Waals surface area (Å²) in [5, 5.41) is 9.44. The first-order valence-corrected chi connectivity index (χ1v) is 9.33. The number of carbonyl (C=O) groups excluding carboxylic acids is 3. The van der Waals surface area contributed by atoms with Crippen molar-refractivity contribution in [3.8, 4) is 0 Å². The minimum atomic E-state index is -0.621. The first-order chi connectivity index (χ1) is 12.3. The third-order valence-corrected chi connectivity index (χ3v) is 4.71. The number of rotatable bonds is 7. The van der Waals surface area contributed by atoms with Crippen LogP contribution in [0.4, 0.5) is 0 Å². The SMILES string of the molecule is C/C=C\C1CC1C(=O)OC.CCCCCC(=O)N1CC(O)CC1C(N)=O. The van der Waals surface area contributed by atoms with E-state index in [9.17, 15) is 19.5 Å². The van der Waals surface area contributed by atoms with Crippen LogP contribution in [0.1, 0.15) is 52.4 Å². The van der Waals surface area contributed by atoms with Gasteiger partial charge in [-0.1, -0.05) is 31.9 Å². The number of carbonyl (C=O) groups is 3. The summed E-state index contributed by atoms with van der Waals surface area (Å²) in [4.78, 5) is 35.1. The highest BCUT2D eigenvalue weighted by Crippen LogP contribution is 2.40. The Morgan fingerprint density at radius 1 is 1.27 bits per heavy atom. The van der Waals surface area contributed by atoms with E-state index < -0.39 is 18.1 Å². The molecule has 2 rings (SSSR count). The van der Waals surface area contributed by atoms with E-state index in [0.29, 0.717) is 12.3 Å². The lowest BCUT2D eigenvalue weighted by atomic mass is 10.1. The van der Waals surface area contributed by atoms with Gasteiger partial charge in [0.1, 0.15) is 6.04 Å². The van der Waals surface area contributed by atoms with Gasteiger partial charge in [-0.25, -0.2) is 0 Å². The number of hydrogen-bond acceptors (Lipinski definition) is 5. The van der Waals surface area contributed by atoms with Crippen LogP contribution in [0.2, 0.25) is 0 Å². The number of methoxy groups -OCH3 is 1. The highest BCUT2D eigenvalue weighted by molar-refractivity contribution is 5.87. The van der Waals surface area contributed by atoms with Gasteiger partial charge in [0.25, 0.3) is 0 Å². The highest BCUT2D eigenvalue weighted by atomic mass is 16.5. The maximum Gasteiger partial charge on any atom is 0.309 e. The Morgan fingerprint density at radius 3 is 2.50 bits per heavy atom. The van der Waals surface area contributed by atoms with E-state index in [0.717, 1.165) is 25.7 Å². The first kappa shape index (κ1) is 22.2. The van der Waals surface area contributed by atoms with Crippen molar-refractivity contribution >= 4 is 17.8 Å². The summed E-state index contributed by atoms with van der Waals surface area (Å²) in [6.07, 6.45) is 7.98. The monoisotopic (exact) mass is 368 g/mol. The summed E-state index contributed by atoms with van der Waals surface area (Å²) >= 11 is 0. The second kappa shape index (κ2) is 11.0. The standard InChI is InChI=1S/C11H20N2O3.C8H12O2/c1-2-3-4-5-10(15)13-7-8(14)6-9(13)11(12)16;1-3-4-6-5-7(6)8(9)10-2/h8-9,14H,2-7H2,1H3,(H2,12,16);3-4,6-7H,5H2,1-2H3/b;4-3-. The zero-order chi connectivity index (χ0) is 19.7. The molecule has 1 aliphatic carbocycles. The minimum Gasteiger partial charge on any atom is -0.469 e. The average Bonchev–Trinajstić information content (AvgIpc) is 3.26. The predicted molar refractivity (Wildman–Crippen MR) is 97.9 cm³/mol. The van der Waals surface area contributed by atoms with Crippen LogP contribution in [0.5, 0.6) is 0 Å². The van der Waals surface area contributed by atoms with Crippen LogP contribution in [0.15, 0.2) is 12.2 Å². The fourth-order valence-electron chi connectivity index (χ4n) is 3.13. The Balaban J connectivity index is 0.000000289. The average molecular weight is 368 g/mol. The summed E-state index contributed by atoms with van der Waals surface area (Å²) in [6.45, 7) is 4.27. The predicted octanol–water partition coefficient (Wildman–Crippen LogP) is 1.39. The molecule has 0 radical (unpaired) electrons. The van der Waals surface area contributed by atoms with Crippen LogP contribution in [-0.4, -0.2) is 53.6 Å². The van der Waals surface area contributed by atoms with Gasteiger partial charge in [-0.15, -0.1) is 0 Å². The van der Waals surface area contributed by atoms with E-state index >= 15 is 0 Å². The molecule has 1 saturated heterocycles. The van der Waals surface area contributed by atoms with Crippen molar-refractivity contribution in [2.45, 2.75) is 64.5 Å². The van der Waals surface area contributed by atoms with Crippen molar-refractivity contribution in [2.24, 2.45) is 17.6 Å². The molecular formula is C19H32N2O5. The molecule has 2 amide bonds. The molecule has 0 aromatic rings. The summed E-state index contributed by atoms with van der Waals surface area (Å²) in [5.41, 5.74) is 5.20.